The predicted octanol–water partition coefficient (Wildman–Crippen LogP) is 2.22. The quantitative estimate of drug-likeness (QED) is 0.771. The van der Waals surface area contributed by atoms with Crippen LogP contribution in [-0.4, -0.2) is 51.7 Å². The molecule has 1 amide bonds. The molecule has 1 unspecified atom stereocenters. The topological polar surface area (TPSA) is 97.3 Å². The van der Waals surface area contributed by atoms with Crippen molar-refractivity contribution in [3.63, 3.8) is 0 Å². The molecule has 1 heterocycles. The van der Waals surface area contributed by atoms with Crippen molar-refractivity contribution in [1.82, 2.24) is 4.31 Å². The highest BCUT2D eigenvalue weighted by Gasteiger charge is 2.30. The first kappa shape index (κ1) is 20.7. The normalized spacial score (nSPS) is 16.3. The Bertz CT molecular complexity index is 1070. The molecule has 2 aromatic carbocycles. The number of nitrogens with zero attached hydrogens (tertiary/aromatic N) is 2. The number of methoxy groups -OCH3 is 1. The van der Waals surface area contributed by atoms with Crippen molar-refractivity contribution < 1.29 is 27.2 Å². The third kappa shape index (κ3) is 4.38. The molecule has 1 aliphatic rings. The van der Waals surface area contributed by atoms with E-state index in [9.17, 15) is 17.6 Å². The number of hydrogen-bond acceptors (Lipinski definition) is 6. The highest BCUT2D eigenvalue weighted by Crippen LogP contribution is 2.29. The Morgan fingerprint density at radius 1 is 1.28 bits per heavy atom. The Labute approximate surface area is 168 Å². The van der Waals surface area contributed by atoms with Crippen molar-refractivity contribution in [3.05, 3.63) is 53.8 Å². The van der Waals surface area contributed by atoms with Crippen molar-refractivity contribution in [3.8, 4) is 5.75 Å². The fourth-order valence-corrected chi connectivity index (χ4v) is 3.81. The number of halogens is 1. The van der Waals surface area contributed by atoms with Crippen molar-refractivity contribution >= 4 is 27.3 Å². The Balaban J connectivity index is 1.75. The zero-order valence-corrected chi connectivity index (χ0v) is 16.9. The van der Waals surface area contributed by atoms with Crippen LogP contribution in [0.4, 0.5) is 10.1 Å². The maximum atomic E-state index is 13.4. The molecular weight excluding hydrogens is 401 g/mol. The van der Waals surface area contributed by atoms with Crippen LogP contribution in [0.3, 0.4) is 0 Å². The first-order valence-electron chi connectivity index (χ1n) is 8.62. The summed E-state index contributed by atoms with van der Waals surface area (Å²) in [6.45, 7) is 0. The summed E-state index contributed by atoms with van der Waals surface area (Å²) in [6, 6.07) is 10.1. The molecule has 29 heavy (non-hydrogen) atoms. The van der Waals surface area contributed by atoms with Gasteiger partial charge in [0.2, 0.25) is 16.1 Å². The summed E-state index contributed by atoms with van der Waals surface area (Å²) in [6.07, 6.45) is -0.752. The monoisotopic (exact) mass is 421 g/mol. The van der Waals surface area contributed by atoms with Crippen LogP contribution in [0.15, 0.2) is 52.5 Å². The largest absolute Gasteiger partial charge is 0.495 e. The molecule has 0 spiro atoms. The van der Waals surface area contributed by atoms with E-state index < -0.39 is 27.9 Å². The summed E-state index contributed by atoms with van der Waals surface area (Å²) < 4.78 is 44.5. The highest BCUT2D eigenvalue weighted by atomic mass is 32.2. The van der Waals surface area contributed by atoms with Gasteiger partial charge in [-0.25, -0.2) is 17.1 Å². The summed E-state index contributed by atoms with van der Waals surface area (Å²) in [5, 5.41) is 6.49. The minimum Gasteiger partial charge on any atom is -0.495 e. The van der Waals surface area contributed by atoms with E-state index in [-0.39, 0.29) is 22.8 Å². The molecule has 154 valence electrons. The molecule has 1 aliphatic heterocycles. The number of carbonyl (C=O) groups is 1. The van der Waals surface area contributed by atoms with E-state index in [4.69, 9.17) is 9.57 Å². The molecule has 1 atom stereocenters. The Hall–Kier alpha value is -2.98. The van der Waals surface area contributed by atoms with E-state index in [1.807, 2.05) is 0 Å². The van der Waals surface area contributed by atoms with Crippen molar-refractivity contribution in [1.29, 1.82) is 0 Å². The molecule has 0 bridgehead atoms. The van der Waals surface area contributed by atoms with Crippen molar-refractivity contribution in [2.24, 2.45) is 5.16 Å². The second kappa shape index (κ2) is 8.18. The van der Waals surface area contributed by atoms with Crippen LogP contribution in [0.1, 0.15) is 12.0 Å². The van der Waals surface area contributed by atoms with Crippen LogP contribution in [0, 0.1) is 5.82 Å². The summed E-state index contributed by atoms with van der Waals surface area (Å²) in [4.78, 5) is 17.6. The van der Waals surface area contributed by atoms with Crippen LogP contribution >= 0.6 is 0 Å². The van der Waals surface area contributed by atoms with Crippen molar-refractivity contribution in [2.75, 3.05) is 26.5 Å². The summed E-state index contributed by atoms with van der Waals surface area (Å²) in [5.41, 5.74) is 1.25. The smallest absolute Gasteiger partial charge is 0.268 e. The summed E-state index contributed by atoms with van der Waals surface area (Å²) in [7, 11) is 0.384. The number of amides is 1. The van der Waals surface area contributed by atoms with Crippen LogP contribution in [0.5, 0.6) is 5.75 Å². The van der Waals surface area contributed by atoms with Crippen LogP contribution in [0.2, 0.25) is 0 Å². The van der Waals surface area contributed by atoms with Gasteiger partial charge in [0.15, 0.2) is 0 Å². The van der Waals surface area contributed by atoms with E-state index in [0.717, 1.165) is 4.31 Å². The van der Waals surface area contributed by atoms with E-state index >= 15 is 0 Å². The Morgan fingerprint density at radius 2 is 2.03 bits per heavy atom. The summed E-state index contributed by atoms with van der Waals surface area (Å²) >= 11 is 0. The van der Waals surface area contributed by atoms with Gasteiger partial charge in [-0.05, 0) is 30.3 Å². The lowest BCUT2D eigenvalue weighted by Crippen LogP contribution is -2.28. The van der Waals surface area contributed by atoms with Gasteiger partial charge in [-0.15, -0.1) is 0 Å². The molecule has 0 saturated heterocycles. The van der Waals surface area contributed by atoms with Gasteiger partial charge in [0.25, 0.3) is 5.91 Å². The van der Waals surface area contributed by atoms with Gasteiger partial charge in [0, 0.05) is 31.8 Å². The molecule has 0 radical (unpaired) electrons. The average Bonchev–Trinajstić information content (AvgIpc) is 3.18. The lowest BCUT2D eigenvalue weighted by Gasteiger charge is -2.16. The second-order valence-electron chi connectivity index (χ2n) is 6.49. The molecule has 2 aromatic rings. The molecule has 0 saturated carbocycles. The van der Waals surface area contributed by atoms with Gasteiger partial charge >= 0.3 is 0 Å². The number of hydrogen-bond donors (Lipinski definition) is 1. The highest BCUT2D eigenvalue weighted by molar-refractivity contribution is 7.89. The number of rotatable bonds is 6. The molecule has 1 N–H and O–H groups in total. The minimum atomic E-state index is -3.78. The molecule has 0 fully saturated rings. The lowest BCUT2D eigenvalue weighted by atomic mass is 10.0. The van der Waals surface area contributed by atoms with Crippen molar-refractivity contribution in [2.45, 2.75) is 17.4 Å². The molecule has 3 rings (SSSR count). The van der Waals surface area contributed by atoms with Gasteiger partial charge < -0.3 is 14.9 Å². The Kier molecular flexibility index (Phi) is 5.85. The number of oxime groups is 1. The van der Waals surface area contributed by atoms with Crippen LogP contribution in [0.25, 0.3) is 0 Å². The van der Waals surface area contributed by atoms with Gasteiger partial charge in [-0.3, -0.25) is 4.79 Å². The third-order valence-electron chi connectivity index (χ3n) is 4.31. The first-order valence-corrected chi connectivity index (χ1v) is 10.1. The number of nitrogens with one attached hydrogen (secondary N) is 1. The fourth-order valence-electron chi connectivity index (χ4n) is 2.73. The minimum absolute atomic E-state index is 0.0770. The zero-order valence-electron chi connectivity index (χ0n) is 16.0. The third-order valence-corrected chi connectivity index (χ3v) is 6.15. The molecule has 10 heteroatoms. The van der Waals surface area contributed by atoms with E-state index in [0.29, 0.717) is 11.3 Å². The van der Waals surface area contributed by atoms with Gasteiger partial charge in [0.05, 0.1) is 12.8 Å². The van der Waals surface area contributed by atoms with E-state index in [2.05, 4.69) is 10.5 Å². The maximum Gasteiger partial charge on any atom is 0.268 e. The first-order chi connectivity index (χ1) is 13.7. The van der Waals surface area contributed by atoms with E-state index in [1.54, 1.807) is 12.1 Å². The second-order valence-corrected chi connectivity index (χ2v) is 8.61. The number of ether oxygens (including phenoxy) is 1. The standard InChI is InChI=1S/C19H20FN3O5S/c1-23(2)29(25,26)18-10-14(7-8-16(18)27-3)21-19(24)17-11-15(22-28-17)12-5-4-6-13(20)9-12/h4-10,17H,11H2,1-3H3,(H,21,24). The number of carbonyl (C=O) groups excluding carboxylic acids is 1. The Morgan fingerprint density at radius 3 is 2.69 bits per heavy atom. The zero-order chi connectivity index (χ0) is 21.2. The number of benzene rings is 2. The molecule has 0 aromatic heterocycles. The van der Waals surface area contributed by atoms with Gasteiger partial charge in [-0.1, -0.05) is 17.3 Å². The van der Waals surface area contributed by atoms with Crippen LogP contribution in [-0.2, 0) is 19.7 Å². The predicted molar refractivity (Wildman–Crippen MR) is 105 cm³/mol. The van der Waals surface area contributed by atoms with Gasteiger partial charge in [0.1, 0.15) is 16.5 Å². The molecule has 8 nitrogen and oxygen atoms in total. The number of anilines is 1. The summed E-state index contributed by atoms with van der Waals surface area (Å²) in [5.74, 6) is -0.755. The molecular formula is C19H20FN3O5S. The SMILES string of the molecule is COc1ccc(NC(=O)C2CC(c3cccc(F)c3)=NO2)cc1S(=O)(=O)N(C)C. The molecule has 0 aliphatic carbocycles. The number of sulfonamides is 1. The van der Waals surface area contributed by atoms with E-state index in [1.165, 1.54) is 51.5 Å². The maximum absolute atomic E-state index is 13.4. The fraction of sp³-hybridized carbons (Fsp3) is 0.263. The lowest BCUT2D eigenvalue weighted by molar-refractivity contribution is -0.125. The van der Waals surface area contributed by atoms with Crippen LogP contribution < -0.4 is 10.1 Å². The average molecular weight is 421 g/mol. The van der Waals surface area contributed by atoms with Gasteiger partial charge in [-0.2, -0.15) is 0 Å².